The number of phenolic OH excluding ortho intramolecular Hbond substituents is 1. The summed E-state index contributed by atoms with van der Waals surface area (Å²) >= 11 is 1.39. The van der Waals surface area contributed by atoms with Gasteiger partial charge in [0.2, 0.25) is 0 Å². The highest BCUT2D eigenvalue weighted by Crippen LogP contribution is 2.39. The molecule has 0 bridgehead atoms. The molecule has 1 atom stereocenters. The molecule has 1 aromatic heterocycles. The van der Waals surface area contributed by atoms with Crippen LogP contribution in [0, 0.1) is 17.5 Å². The van der Waals surface area contributed by atoms with Crippen LogP contribution in [0.3, 0.4) is 0 Å². The van der Waals surface area contributed by atoms with Crippen LogP contribution in [0.5, 0.6) is 5.75 Å². The predicted molar refractivity (Wildman–Crippen MR) is 78.6 cm³/mol. The number of piperazine rings is 1. The van der Waals surface area contributed by atoms with Gasteiger partial charge in [0.15, 0.2) is 17.5 Å². The topological polar surface area (TPSA) is 35.5 Å². The van der Waals surface area contributed by atoms with Crippen LogP contribution in [-0.4, -0.2) is 36.2 Å². The van der Waals surface area contributed by atoms with E-state index in [1.165, 1.54) is 11.3 Å². The molecule has 3 rings (SSSR count). The lowest BCUT2D eigenvalue weighted by Gasteiger charge is -2.35. The average molecular weight is 328 g/mol. The lowest BCUT2D eigenvalue weighted by Crippen LogP contribution is -2.45. The Kier molecular flexibility index (Phi) is 4.37. The van der Waals surface area contributed by atoms with Crippen LogP contribution in [0.25, 0.3) is 0 Å². The van der Waals surface area contributed by atoms with Crippen molar-refractivity contribution in [2.75, 3.05) is 26.2 Å². The lowest BCUT2D eigenvalue weighted by atomic mass is 10.00. The Labute approximate surface area is 130 Å². The number of halogens is 3. The third-order valence-corrected chi connectivity index (χ3v) is 4.71. The summed E-state index contributed by atoms with van der Waals surface area (Å²) in [6.07, 6.45) is 0. The van der Waals surface area contributed by atoms with Gasteiger partial charge in [-0.25, -0.2) is 13.2 Å². The molecule has 1 aromatic carbocycles. The molecule has 118 valence electrons. The van der Waals surface area contributed by atoms with E-state index in [0.29, 0.717) is 32.2 Å². The largest absolute Gasteiger partial charge is 0.507 e. The molecule has 0 unspecified atom stereocenters. The summed E-state index contributed by atoms with van der Waals surface area (Å²) in [5.41, 5.74) is -0.205. The van der Waals surface area contributed by atoms with Gasteiger partial charge in [0, 0.05) is 37.1 Å². The van der Waals surface area contributed by atoms with Crippen molar-refractivity contribution >= 4 is 11.3 Å². The first kappa shape index (κ1) is 15.3. The maximum atomic E-state index is 14.3. The highest BCUT2D eigenvalue weighted by atomic mass is 32.1. The van der Waals surface area contributed by atoms with Crippen LogP contribution in [0.1, 0.15) is 16.5 Å². The quantitative estimate of drug-likeness (QED) is 0.851. The Morgan fingerprint density at radius 3 is 2.55 bits per heavy atom. The van der Waals surface area contributed by atoms with Crippen molar-refractivity contribution in [1.82, 2.24) is 10.2 Å². The van der Waals surface area contributed by atoms with Gasteiger partial charge < -0.3 is 10.4 Å². The van der Waals surface area contributed by atoms with Gasteiger partial charge in [-0.1, -0.05) is 6.07 Å². The van der Waals surface area contributed by atoms with E-state index in [2.05, 4.69) is 5.32 Å². The molecule has 0 amide bonds. The molecule has 0 saturated carbocycles. The zero-order valence-electron chi connectivity index (χ0n) is 11.7. The van der Waals surface area contributed by atoms with Gasteiger partial charge in [-0.3, -0.25) is 4.90 Å². The molecular weight excluding hydrogens is 313 g/mol. The summed E-state index contributed by atoms with van der Waals surface area (Å²) < 4.78 is 41.2. The minimum absolute atomic E-state index is 0.205. The number of aromatic hydroxyl groups is 1. The van der Waals surface area contributed by atoms with Crippen molar-refractivity contribution in [1.29, 1.82) is 0 Å². The summed E-state index contributed by atoms with van der Waals surface area (Å²) in [7, 11) is 0. The Hall–Kier alpha value is -1.57. The van der Waals surface area contributed by atoms with Crippen molar-refractivity contribution in [3.05, 3.63) is 51.5 Å². The van der Waals surface area contributed by atoms with Crippen LogP contribution in [0.15, 0.2) is 23.6 Å². The fourth-order valence-corrected chi connectivity index (χ4v) is 3.62. The van der Waals surface area contributed by atoms with Gasteiger partial charge in [0.25, 0.3) is 0 Å². The molecule has 0 radical (unpaired) electrons. The number of nitrogens with one attached hydrogen (secondary N) is 1. The van der Waals surface area contributed by atoms with Gasteiger partial charge in [-0.05, 0) is 11.4 Å². The van der Waals surface area contributed by atoms with E-state index in [1.807, 2.05) is 16.3 Å². The Morgan fingerprint density at radius 2 is 1.91 bits per heavy atom. The molecule has 2 aromatic rings. The highest BCUT2D eigenvalue weighted by molar-refractivity contribution is 7.10. The first-order valence-electron chi connectivity index (χ1n) is 6.94. The number of nitrogens with zero attached hydrogens (tertiary/aromatic N) is 1. The molecule has 22 heavy (non-hydrogen) atoms. The van der Waals surface area contributed by atoms with E-state index in [1.54, 1.807) is 6.07 Å². The molecule has 0 spiro atoms. The number of hydrogen-bond acceptors (Lipinski definition) is 4. The third kappa shape index (κ3) is 2.71. The Morgan fingerprint density at radius 1 is 1.18 bits per heavy atom. The minimum Gasteiger partial charge on any atom is -0.507 e. The van der Waals surface area contributed by atoms with Crippen LogP contribution >= 0.6 is 11.3 Å². The summed E-state index contributed by atoms with van der Waals surface area (Å²) in [5, 5.41) is 15.0. The second-order valence-corrected chi connectivity index (χ2v) is 6.10. The lowest BCUT2D eigenvalue weighted by molar-refractivity contribution is 0.193. The average Bonchev–Trinajstić information content (AvgIpc) is 3.04. The van der Waals surface area contributed by atoms with E-state index in [9.17, 15) is 18.3 Å². The second kappa shape index (κ2) is 6.28. The maximum Gasteiger partial charge on any atom is 0.195 e. The fraction of sp³-hybridized carbons (Fsp3) is 0.333. The first-order chi connectivity index (χ1) is 10.6. The third-order valence-electron chi connectivity index (χ3n) is 3.78. The second-order valence-electron chi connectivity index (χ2n) is 5.12. The van der Waals surface area contributed by atoms with Crippen molar-refractivity contribution in [3.63, 3.8) is 0 Å². The monoisotopic (exact) mass is 328 g/mol. The molecule has 1 aliphatic heterocycles. The van der Waals surface area contributed by atoms with Gasteiger partial charge in [0.05, 0.1) is 11.6 Å². The Bertz CT molecular complexity index is 657. The van der Waals surface area contributed by atoms with Crippen molar-refractivity contribution in [3.8, 4) is 5.75 Å². The summed E-state index contributed by atoms with van der Waals surface area (Å²) in [6, 6.07) is 3.62. The number of phenols is 1. The van der Waals surface area contributed by atoms with Gasteiger partial charge in [-0.15, -0.1) is 11.3 Å². The van der Waals surface area contributed by atoms with Crippen LogP contribution in [0.4, 0.5) is 13.2 Å². The number of benzene rings is 1. The number of thiophene rings is 1. The smallest absolute Gasteiger partial charge is 0.195 e. The number of hydrogen-bond donors (Lipinski definition) is 2. The SMILES string of the molecule is Oc1cc(F)c(F)c(F)c1[C@@H](c1cccs1)N1CCNCC1. The molecule has 1 fully saturated rings. The van der Waals surface area contributed by atoms with Gasteiger partial charge in [0.1, 0.15) is 5.75 Å². The Balaban J connectivity index is 2.12. The van der Waals surface area contributed by atoms with Gasteiger partial charge in [-0.2, -0.15) is 0 Å². The van der Waals surface area contributed by atoms with Crippen LogP contribution in [0.2, 0.25) is 0 Å². The zero-order valence-corrected chi connectivity index (χ0v) is 12.5. The molecule has 2 N–H and O–H groups in total. The molecule has 3 nitrogen and oxygen atoms in total. The number of rotatable bonds is 3. The van der Waals surface area contributed by atoms with Crippen molar-refractivity contribution in [2.45, 2.75) is 6.04 Å². The highest BCUT2D eigenvalue weighted by Gasteiger charge is 2.32. The van der Waals surface area contributed by atoms with Gasteiger partial charge >= 0.3 is 0 Å². The maximum absolute atomic E-state index is 14.3. The summed E-state index contributed by atoms with van der Waals surface area (Å²) in [4.78, 5) is 2.74. The summed E-state index contributed by atoms with van der Waals surface area (Å²) in [5.74, 6) is -4.82. The predicted octanol–water partition coefficient (Wildman–Crippen LogP) is 2.87. The molecule has 7 heteroatoms. The zero-order chi connectivity index (χ0) is 15.7. The summed E-state index contributed by atoms with van der Waals surface area (Å²) in [6.45, 7) is 2.68. The van der Waals surface area contributed by atoms with E-state index in [0.717, 1.165) is 4.88 Å². The normalized spacial score (nSPS) is 17.6. The van der Waals surface area contributed by atoms with E-state index in [-0.39, 0.29) is 5.56 Å². The van der Waals surface area contributed by atoms with E-state index >= 15 is 0 Å². The van der Waals surface area contributed by atoms with Crippen LogP contribution < -0.4 is 5.32 Å². The molecule has 2 heterocycles. The first-order valence-corrected chi connectivity index (χ1v) is 7.82. The van der Waals surface area contributed by atoms with Crippen molar-refractivity contribution in [2.24, 2.45) is 0 Å². The molecule has 1 aliphatic rings. The fourth-order valence-electron chi connectivity index (χ4n) is 2.75. The molecule has 0 aliphatic carbocycles. The van der Waals surface area contributed by atoms with Crippen LogP contribution in [-0.2, 0) is 0 Å². The molecular formula is C15H15F3N2OS. The molecule has 1 saturated heterocycles. The van der Waals surface area contributed by atoms with Crippen molar-refractivity contribution < 1.29 is 18.3 Å². The van der Waals surface area contributed by atoms with E-state index in [4.69, 9.17) is 0 Å². The van der Waals surface area contributed by atoms with E-state index < -0.39 is 29.2 Å². The minimum atomic E-state index is -1.55. The standard InChI is InChI=1S/C15H15F3N2OS/c16-9-8-10(21)12(14(18)13(9)17)15(11-2-1-7-22-11)20-5-3-19-4-6-20/h1-2,7-8,15,19,21H,3-6H2/t15-/m1/s1.